The molecule has 0 spiro atoms. The number of methoxy groups -OCH3 is 1. The van der Waals surface area contributed by atoms with Gasteiger partial charge in [0, 0.05) is 17.7 Å². The van der Waals surface area contributed by atoms with Crippen molar-refractivity contribution in [1.29, 1.82) is 0 Å². The maximum Gasteiger partial charge on any atom is 0.338 e. The zero-order chi connectivity index (χ0) is 17.5. The zero-order valence-electron chi connectivity index (χ0n) is 13.4. The van der Waals surface area contributed by atoms with Crippen LogP contribution in [0.2, 0.25) is 0 Å². The quantitative estimate of drug-likeness (QED) is 0.439. The molecule has 0 amide bonds. The molecule has 0 saturated heterocycles. The van der Waals surface area contributed by atoms with E-state index < -0.39 is 10.9 Å². The summed E-state index contributed by atoms with van der Waals surface area (Å²) in [5.41, 5.74) is 0.949. The van der Waals surface area contributed by atoms with Crippen molar-refractivity contribution in [1.82, 2.24) is 0 Å². The van der Waals surface area contributed by atoms with Crippen LogP contribution in [0.5, 0.6) is 11.5 Å². The van der Waals surface area contributed by atoms with Crippen LogP contribution < -0.4 is 9.47 Å². The first-order valence-electron chi connectivity index (χ1n) is 7.26. The fraction of sp³-hybridized carbons (Fsp3) is 0.235. The van der Waals surface area contributed by atoms with Crippen LogP contribution in [0.1, 0.15) is 22.8 Å². The van der Waals surface area contributed by atoms with Crippen LogP contribution in [-0.2, 0) is 11.3 Å². The predicted molar refractivity (Wildman–Crippen MR) is 86.4 cm³/mol. The number of hydrogen-bond donors (Lipinski definition) is 0. The molecular weight excluding hydrogens is 314 g/mol. The highest BCUT2D eigenvalue weighted by Gasteiger charge is 2.12. The van der Waals surface area contributed by atoms with Crippen LogP contribution in [0, 0.1) is 10.1 Å². The molecule has 2 rings (SSSR count). The molecule has 0 radical (unpaired) electrons. The van der Waals surface area contributed by atoms with E-state index in [1.165, 1.54) is 25.3 Å². The van der Waals surface area contributed by atoms with Crippen molar-refractivity contribution in [2.24, 2.45) is 0 Å². The average molecular weight is 331 g/mol. The number of benzene rings is 2. The number of rotatable bonds is 7. The summed E-state index contributed by atoms with van der Waals surface area (Å²) in [5.74, 6) is 0.629. The minimum atomic E-state index is -0.475. The highest BCUT2D eigenvalue weighted by atomic mass is 16.6. The molecule has 2 aromatic carbocycles. The first-order chi connectivity index (χ1) is 11.5. The number of nitrogens with zero attached hydrogens (tertiary/aromatic N) is 1. The van der Waals surface area contributed by atoms with Crippen molar-refractivity contribution in [3.05, 3.63) is 63.7 Å². The molecule has 0 saturated carbocycles. The van der Waals surface area contributed by atoms with Crippen molar-refractivity contribution < 1.29 is 23.9 Å². The Hall–Kier alpha value is -3.09. The minimum absolute atomic E-state index is 0.0351. The van der Waals surface area contributed by atoms with Crippen LogP contribution >= 0.6 is 0 Å². The first kappa shape index (κ1) is 17.3. The Morgan fingerprint density at radius 2 is 1.88 bits per heavy atom. The Bertz CT molecular complexity index is 726. The lowest BCUT2D eigenvalue weighted by molar-refractivity contribution is -0.385. The number of non-ortho nitro benzene ring substituents is 1. The van der Waals surface area contributed by atoms with E-state index in [2.05, 4.69) is 0 Å². The molecule has 2 aromatic rings. The second-order valence-electron chi connectivity index (χ2n) is 4.79. The lowest BCUT2D eigenvalue weighted by atomic mass is 10.2. The topological polar surface area (TPSA) is 87.9 Å². The monoisotopic (exact) mass is 331 g/mol. The van der Waals surface area contributed by atoms with Gasteiger partial charge in [0.1, 0.15) is 18.1 Å². The Morgan fingerprint density at radius 3 is 2.46 bits per heavy atom. The summed E-state index contributed by atoms with van der Waals surface area (Å²) in [6.07, 6.45) is 0. The molecule has 0 aliphatic carbocycles. The van der Waals surface area contributed by atoms with E-state index in [-0.39, 0.29) is 12.3 Å². The fourth-order valence-corrected chi connectivity index (χ4v) is 2.05. The van der Waals surface area contributed by atoms with Crippen molar-refractivity contribution >= 4 is 11.7 Å². The predicted octanol–water partition coefficient (Wildman–Crippen LogP) is 3.36. The number of carbonyl (C=O) groups is 1. The van der Waals surface area contributed by atoms with E-state index in [4.69, 9.17) is 14.2 Å². The molecule has 7 nitrogen and oxygen atoms in total. The van der Waals surface area contributed by atoms with Gasteiger partial charge in [-0.1, -0.05) is 0 Å². The molecule has 0 N–H and O–H groups in total. The van der Waals surface area contributed by atoms with Gasteiger partial charge >= 0.3 is 5.97 Å². The molecule has 0 fully saturated rings. The highest BCUT2D eigenvalue weighted by Crippen LogP contribution is 2.25. The summed E-state index contributed by atoms with van der Waals surface area (Å²) in [6.45, 7) is 2.15. The normalized spacial score (nSPS) is 10.1. The summed E-state index contributed by atoms with van der Waals surface area (Å²) in [6, 6.07) is 10.8. The number of hydrogen-bond acceptors (Lipinski definition) is 6. The molecule has 0 aliphatic rings. The summed E-state index contributed by atoms with van der Waals surface area (Å²) in [4.78, 5) is 22.0. The number of nitro benzene ring substituents is 1. The van der Waals surface area contributed by atoms with E-state index in [9.17, 15) is 14.9 Å². The fourth-order valence-electron chi connectivity index (χ4n) is 2.05. The Kier molecular flexibility index (Phi) is 5.73. The van der Waals surface area contributed by atoms with Gasteiger partial charge in [-0.3, -0.25) is 10.1 Å². The van der Waals surface area contributed by atoms with Gasteiger partial charge in [0.2, 0.25) is 0 Å². The Labute approximate surface area is 138 Å². The molecule has 0 heterocycles. The molecule has 0 atom stereocenters. The van der Waals surface area contributed by atoms with E-state index in [0.717, 1.165) is 0 Å². The SMILES string of the molecule is CCOC(=O)c1ccc(OCc2cc([N+](=O)[O-])ccc2OC)cc1. The van der Waals surface area contributed by atoms with E-state index in [1.54, 1.807) is 31.2 Å². The smallest absolute Gasteiger partial charge is 0.338 e. The molecular formula is C17H17NO6. The largest absolute Gasteiger partial charge is 0.496 e. The summed E-state index contributed by atoms with van der Waals surface area (Å²) in [7, 11) is 1.48. The van der Waals surface area contributed by atoms with Crippen LogP contribution in [0.4, 0.5) is 5.69 Å². The lowest BCUT2D eigenvalue weighted by Crippen LogP contribution is -2.04. The molecule has 0 aliphatic heterocycles. The van der Waals surface area contributed by atoms with Gasteiger partial charge in [-0.25, -0.2) is 4.79 Å². The van der Waals surface area contributed by atoms with Crippen LogP contribution in [0.25, 0.3) is 0 Å². The second kappa shape index (κ2) is 7.96. The van der Waals surface area contributed by atoms with Gasteiger partial charge in [-0.05, 0) is 37.3 Å². The maximum atomic E-state index is 11.6. The van der Waals surface area contributed by atoms with Crippen LogP contribution in [0.3, 0.4) is 0 Å². The highest BCUT2D eigenvalue weighted by molar-refractivity contribution is 5.89. The molecule has 7 heteroatoms. The van der Waals surface area contributed by atoms with Crippen molar-refractivity contribution in [2.45, 2.75) is 13.5 Å². The number of carbonyl (C=O) groups excluding carboxylic acids is 1. The van der Waals surface area contributed by atoms with Gasteiger partial charge < -0.3 is 14.2 Å². The van der Waals surface area contributed by atoms with Crippen molar-refractivity contribution in [3.8, 4) is 11.5 Å². The number of ether oxygens (including phenoxy) is 3. The zero-order valence-corrected chi connectivity index (χ0v) is 13.4. The van der Waals surface area contributed by atoms with E-state index in [1.807, 2.05) is 0 Å². The van der Waals surface area contributed by atoms with Gasteiger partial charge in [0.15, 0.2) is 0 Å². The first-order valence-corrected chi connectivity index (χ1v) is 7.26. The summed E-state index contributed by atoms with van der Waals surface area (Å²) >= 11 is 0. The van der Waals surface area contributed by atoms with Gasteiger partial charge in [0.25, 0.3) is 5.69 Å². The average Bonchev–Trinajstić information content (AvgIpc) is 2.60. The van der Waals surface area contributed by atoms with Gasteiger partial charge in [-0.2, -0.15) is 0 Å². The Balaban J connectivity index is 2.09. The number of nitro groups is 1. The lowest BCUT2D eigenvalue weighted by Gasteiger charge is -2.10. The summed E-state index contributed by atoms with van der Waals surface area (Å²) in [5, 5.41) is 10.9. The van der Waals surface area contributed by atoms with E-state index in [0.29, 0.717) is 29.2 Å². The van der Waals surface area contributed by atoms with E-state index >= 15 is 0 Å². The van der Waals surface area contributed by atoms with Gasteiger partial charge in [-0.15, -0.1) is 0 Å². The third kappa shape index (κ3) is 4.22. The van der Waals surface area contributed by atoms with Crippen molar-refractivity contribution in [2.75, 3.05) is 13.7 Å². The Morgan fingerprint density at radius 1 is 1.17 bits per heavy atom. The van der Waals surface area contributed by atoms with Crippen molar-refractivity contribution in [3.63, 3.8) is 0 Å². The molecule has 0 bridgehead atoms. The standard InChI is InChI=1S/C17H17NO6/c1-3-23-17(19)12-4-7-15(8-5-12)24-11-13-10-14(18(20)21)6-9-16(13)22-2/h4-10H,3,11H2,1-2H3. The summed E-state index contributed by atoms with van der Waals surface area (Å²) < 4.78 is 15.7. The van der Waals surface area contributed by atoms with Crippen LogP contribution in [0.15, 0.2) is 42.5 Å². The van der Waals surface area contributed by atoms with Gasteiger partial charge in [0.05, 0.1) is 24.2 Å². The molecule has 126 valence electrons. The maximum absolute atomic E-state index is 11.6. The van der Waals surface area contributed by atoms with Crippen LogP contribution in [-0.4, -0.2) is 24.6 Å². The minimum Gasteiger partial charge on any atom is -0.496 e. The molecule has 24 heavy (non-hydrogen) atoms. The number of esters is 1. The third-order valence-corrected chi connectivity index (χ3v) is 3.23. The second-order valence-corrected chi connectivity index (χ2v) is 4.79. The third-order valence-electron chi connectivity index (χ3n) is 3.23. The molecule has 0 aromatic heterocycles. The molecule has 0 unspecified atom stereocenters.